The summed E-state index contributed by atoms with van der Waals surface area (Å²) in [5, 5.41) is 11.7. The molecule has 0 bridgehead atoms. The van der Waals surface area contributed by atoms with Gasteiger partial charge in [0.1, 0.15) is 24.8 Å². The van der Waals surface area contributed by atoms with Gasteiger partial charge in [0.05, 0.1) is 0 Å². The summed E-state index contributed by atoms with van der Waals surface area (Å²) >= 11 is 0. The molecule has 3 aliphatic rings. The van der Waals surface area contributed by atoms with Gasteiger partial charge in [-0.3, -0.25) is 0 Å². The molecule has 3 heterocycles. The summed E-state index contributed by atoms with van der Waals surface area (Å²) in [5.41, 5.74) is 0. The Labute approximate surface area is 82.3 Å². The summed E-state index contributed by atoms with van der Waals surface area (Å²) in [6.07, 6.45) is -0.847. The highest BCUT2D eigenvalue weighted by Crippen LogP contribution is 2.37. The van der Waals surface area contributed by atoms with E-state index in [9.17, 15) is 5.11 Å². The maximum absolute atomic E-state index is 9.62. The normalized spacial score (nSPS) is 54.6. The molecule has 3 aliphatic heterocycles. The topological polar surface area (TPSA) is 64.5 Å². The third kappa shape index (κ3) is 1.14. The van der Waals surface area contributed by atoms with Crippen LogP contribution in [-0.2, 0) is 14.2 Å². The standard InChI is InChI=1S/C9H15NO4/c1-9(2)13-7-5-6(4(11)3-10-5)12-8(7)14-9/h4-8,10-11H,3H2,1-2H3/p+1/t4-,5+,6-,7-,8-/m1/s1. The second-order valence-electron chi connectivity index (χ2n) is 4.69. The highest BCUT2D eigenvalue weighted by molar-refractivity contribution is 4.97. The van der Waals surface area contributed by atoms with Gasteiger partial charge in [-0.1, -0.05) is 0 Å². The van der Waals surface area contributed by atoms with Crippen molar-refractivity contribution in [3.8, 4) is 0 Å². The summed E-state index contributed by atoms with van der Waals surface area (Å²) < 4.78 is 17.0. The van der Waals surface area contributed by atoms with E-state index in [4.69, 9.17) is 14.2 Å². The molecule has 0 aliphatic carbocycles. The minimum Gasteiger partial charge on any atom is -0.384 e. The van der Waals surface area contributed by atoms with Crippen molar-refractivity contribution in [2.45, 2.75) is 50.3 Å². The maximum atomic E-state index is 9.62. The molecule has 80 valence electrons. The molecule has 5 nitrogen and oxygen atoms in total. The molecule has 3 N–H and O–H groups in total. The van der Waals surface area contributed by atoms with Crippen LogP contribution in [0.1, 0.15) is 13.8 Å². The Morgan fingerprint density at radius 3 is 2.86 bits per heavy atom. The van der Waals surface area contributed by atoms with Gasteiger partial charge in [0, 0.05) is 0 Å². The Morgan fingerprint density at radius 1 is 1.29 bits per heavy atom. The number of aliphatic hydroxyl groups is 1. The van der Waals surface area contributed by atoms with E-state index in [1.807, 2.05) is 13.8 Å². The van der Waals surface area contributed by atoms with Crippen molar-refractivity contribution in [3.63, 3.8) is 0 Å². The van der Waals surface area contributed by atoms with Gasteiger partial charge >= 0.3 is 0 Å². The summed E-state index contributed by atoms with van der Waals surface area (Å²) in [6.45, 7) is 4.46. The Hall–Kier alpha value is -0.200. The van der Waals surface area contributed by atoms with Crippen LogP contribution < -0.4 is 5.32 Å². The molecule has 0 amide bonds. The van der Waals surface area contributed by atoms with Crippen LogP contribution in [0.4, 0.5) is 0 Å². The molecule has 3 saturated heterocycles. The van der Waals surface area contributed by atoms with Gasteiger partial charge < -0.3 is 24.6 Å². The van der Waals surface area contributed by atoms with Gasteiger partial charge in [-0.05, 0) is 13.8 Å². The van der Waals surface area contributed by atoms with Crippen LogP contribution in [0, 0.1) is 0 Å². The first-order valence-electron chi connectivity index (χ1n) is 5.09. The lowest BCUT2D eigenvalue weighted by molar-refractivity contribution is -0.678. The highest BCUT2D eigenvalue weighted by atomic mass is 16.8. The molecule has 0 spiro atoms. The van der Waals surface area contributed by atoms with Crippen LogP contribution in [0.2, 0.25) is 0 Å². The van der Waals surface area contributed by atoms with Gasteiger partial charge in [-0.15, -0.1) is 0 Å². The average Bonchev–Trinajstić information content (AvgIpc) is 2.63. The van der Waals surface area contributed by atoms with Crippen LogP contribution in [0.5, 0.6) is 0 Å². The SMILES string of the molecule is CC1(C)O[C@H]2O[C@H]3[C@H]([NH2+]C[C@H]3O)[C@H]2O1. The van der Waals surface area contributed by atoms with E-state index in [-0.39, 0.29) is 30.6 Å². The molecule has 3 fully saturated rings. The number of hydrogen-bond acceptors (Lipinski definition) is 4. The fourth-order valence-corrected chi connectivity index (χ4v) is 2.60. The maximum Gasteiger partial charge on any atom is 0.193 e. The minimum atomic E-state index is -0.554. The average molecular weight is 202 g/mol. The highest BCUT2D eigenvalue weighted by Gasteiger charge is 2.61. The zero-order chi connectivity index (χ0) is 9.92. The number of nitrogens with two attached hydrogens (primary N) is 1. The predicted molar refractivity (Wildman–Crippen MR) is 45.3 cm³/mol. The van der Waals surface area contributed by atoms with Crippen molar-refractivity contribution in [2.75, 3.05) is 6.54 Å². The summed E-state index contributed by atoms with van der Waals surface area (Å²) in [4.78, 5) is 0. The first-order chi connectivity index (χ1) is 6.57. The molecule has 0 aromatic rings. The van der Waals surface area contributed by atoms with E-state index in [2.05, 4.69) is 5.32 Å². The molecule has 0 aromatic carbocycles. The Bertz CT molecular complexity index is 257. The lowest BCUT2D eigenvalue weighted by Gasteiger charge is -2.20. The number of fused-ring (bicyclic) bond motifs is 3. The molecule has 3 rings (SSSR count). The Morgan fingerprint density at radius 2 is 2.07 bits per heavy atom. The van der Waals surface area contributed by atoms with Crippen molar-refractivity contribution in [3.05, 3.63) is 0 Å². The third-order valence-electron chi connectivity index (χ3n) is 3.17. The lowest BCUT2D eigenvalue weighted by Crippen LogP contribution is -2.90. The monoisotopic (exact) mass is 202 g/mol. The summed E-state index contributed by atoms with van der Waals surface area (Å²) in [5.74, 6) is -0.554. The lowest BCUT2D eigenvalue weighted by atomic mass is 10.1. The van der Waals surface area contributed by atoms with Crippen molar-refractivity contribution in [1.82, 2.24) is 0 Å². The third-order valence-corrected chi connectivity index (χ3v) is 3.17. The fourth-order valence-electron chi connectivity index (χ4n) is 2.60. The zero-order valence-electron chi connectivity index (χ0n) is 8.34. The van der Waals surface area contributed by atoms with E-state index in [0.717, 1.165) is 0 Å². The van der Waals surface area contributed by atoms with Gasteiger partial charge in [-0.25, -0.2) is 0 Å². The largest absolute Gasteiger partial charge is 0.384 e. The van der Waals surface area contributed by atoms with E-state index < -0.39 is 5.79 Å². The second-order valence-corrected chi connectivity index (χ2v) is 4.69. The first kappa shape index (κ1) is 9.06. The number of rotatable bonds is 0. The quantitative estimate of drug-likeness (QED) is 0.485. The minimum absolute atomic E-state index is 0.0350. The van der Waals surface area contributed by atoms with Crippen LogP contribution in [0.25, 0.3) is 0 Å². The molecular formula is C9H16NO4+. The first-order valence-corrected chi connectivity index (χ1v) is 5.09. The molecular weight excluding hydrogens is 186 g/mol. The van der Waals surface area contributed by atoms with E-state index in [0.29, 0.717) is 6.54 Å². The van der Waals surface area contributed by atoms with Gasteiger partial charge in [-0.2, -0.15) is 0 Å². The van der Waals surface area contributed by atoms with Gasteiger partial charge in [0.2, 0.25) is 0 Å². The number of quaternary nitrogens is 1. The molecule has 0 aromatic heterocycles. The number of hydrogen-bond donors (Lipinski definition) is 2. The van der Waals surface area contributed by atoms with Crippen LogP contribution >= 0.6 is 0 Å². The second kappa shape index (κ2) is 2.68. The number of ether oxygens (including phenoxy) is 3. The smallest absolute Gasteiger partial charge is 0.193 e. The molecule has 0 unspecified atom stereocenters. The van der Waals surface area contributed by atoms with Crippen molar-refractivity contribution < 1.29 is 24.6 Å². The predicted octanol–water partition coefficient (Wildman–Crippen LogP) is -1.83. The van der Waals surface area contributed by atoms with E-state index in [1.165, 1.54) is 0 Å². The zero-order valence-corrected chi connectivity index (χ0v) is 8.34. The van der Waals surface area contributed by atoms with Crippen molar-refractivity contribution in [1.29, 1.82) is 0 Å². The van der Waals surface area contributed by atoms with Gasteiger partial charge in [0.15, 0.2) is 18.2 Å². The van der Waals surface area contributed by atoms with E-state index in [1.54, 1.807) is 0 Å². The summed E-state index contributed by atoms with van der Waals surface area (Å²) in [7, 11) is 0. The van der Waals surface area contributed by atoms with E-state index >= 15 is 0 Å². The molecule has 5 heteroatoms. The Balaban J connectivity index is 1.80. The summed E-state index contributed by atoms with van der Waals surface area (Å²) in [6, 6.07) is 0.191. The molecule has 0 saturated carbocycles. The fraction of sp³-hybridized carbons (Fsp3) is 1.00. The van der Waals surface area contributed by atoms with Crippen molar-refractivity contribution >= 4 is 0 Å². The van der Waals surface area contributed by atoms with Crippen LogP contribution in [0.3, 0.4) is 0 Å². The Kier molecular flexibility index (Phi) is 1.73. The molecule has 0 radical (unpaired) electrons. The van der Waals surface area contributed by atoms with Gasteiger partial charge in [0.25, 0.3) is 0 Å². The van der Waals surface area contributed by atoms with Crippen LogP contribution in [0.15, 0.2) is 0 Å². The van der Waals surface area contributed by atoms with Crippen molar-refractivity contribution in [2.24, 2.45) is 0 Å². The molecule has 5 atom stereocenters. The van der Waals surface area contributed by atoms with Crippen LogP contribution in [-0.4, -0.2) is 48.1 Å². The number of aliphatic hydroxyl groups excluding tert-OH is 1. The molecule has 14 heavy (non-hydrogen) atoms.